The molecule has 0 aliphatic rings. The highest BCUT2D eigenvalue weighted by Gasteiger charge is 2.05. The lowest BCUT2D eigenvalue weighted by Crippen LogP contribution is -2.08. The Morgan fingerprint density at radius 3 is 2.85 bits per heavy atom. The first-order valence-electron chi connectivity index (χ1n) is 3.65. The number of halogens is 2. The molecule has 0 amide bonds. The fourth-order valence-corrected chi connectivity index (χ4v) is 1.56. The summed E-state index contributed by atoms with van der Waals surface area (Å²) in [5.74, 6) is 0.624. The van der Waals surface area contributed by atoms with Crippen molar-refractivity contribution >= 4 is 27.5 Å². The van der Waals surface area contributed by atoms with E-state index in [1.807, 2.05) is 6.07 Å². The van der Waals surface area contributed by atoms with Gasteiger partial charge in [0.1, 0.15) is 11.8 Å². The number of nitriles is 1. The topological polar surface area (TPSA) is 33.0 Å². The third-order valence-corrected chi connectivity index (χ3v) is 2.23. The van der Waals surface area contributed by atoms with Crippen LogP contribution in [0.15, 0.2) is 22.7 Å². The molecule has 0 heterocycles. The van der Waals surface area contributed by atoms with Crippen LogP contribution in [0.25, 0.3) is 0 Å². The molecule has 4 heteroatoms. The Balaban J connectivity index is 2.85. The molecule has 0 N–H and O–H groups in total. The van der Waals surface area contributed by atoms with E-state index in [1.165, 1.54) is 0 Å². The van der Waals surface area contributed by atoms with E-state index in [1.54, 1.807) is 25.1 Å². The second-order valence-corrected chi connectivity index (χ2v) is 3.75. The van der Waals surface area contributed by atoms with Gasteiger partial charge >= 0.3 is 0 Å². The normalized spacial score (nSPS) is 11.8. The fourth-order valence-electron chi connectivity index (χ4n) is 0.788. The highest BCUT2D eigenvalue weighted by atomic mass is 79.9. The van der Waals surface area contributed by atoms with Crippen molar-refractivity contribution < 1.29 is 4.74 Å². The molecule has 0 aliphatic carbocycles. The van der Waals surface area contributed by atoms with Crippen LogP contribution >= 0.6 is 27.5 Å². The quantitative estimate of drug-likeness (QED) is 0.816. The Morgan fingerprint density at radius 2 is 2.31 bits per heavy atom. The van der Waals surface area contributed by atoms with Crippen LogP contribution in [0.1, 0.15) is 6.92 Å². The molecule has 68 valence electrons. The van der Waals surface area contributed by atoms with Crippen molar-refractivity contribution in [3.63, 3.8) is 0 Å². The van der Waals surface area contributed by atoms with E-state index in [9.17, 15) is 0 Å². The second kappa shape index (κ2) is 4.50. The zero-order valence-corrected chi connectivity index (χ0v) is 9.26. The summed E-state index contributed by atoms with van der Waals surface area (Å²) in [6.07, 6.45) is -0.461. The van der Waals surface area contributed by atoms with Gasteiger partial charge in [0.25, 0.3) is 0 Å². The Kier molecular flexibility index (Phi) is 3.58. The van der Waals surface area contributed by atoms with Crippen molar-refractivity contribution in [1.82, 2.24) is 0 Å². The third kappa shape index (κ3) is 2.91. The monoisotopic (exact) mass is 259 g/mol. The first kappa shape index (κ1) is 10.4. The molecule has 0 saturated heterocycles. The summed E-state index contributed by atoms with van der Waals surface area (Å²) in [7, 11) is 0. The van der Waals surface area contributed by atoms with Crippen LogP contribution in [0.2, 0.25) is 5.02 Å². The number of hydrogen-bond donors (Lipinski definition) is 0. The van der Waals surface area contributed by atoms with Crippen LogP contribution in [-0.4, -0.2) is 6.10 Å². The minimum atomic E-state index is -0.461. The number of hydrogen-bond acceptors (Lipinski definition) is 2. The van der Waals surface area contributed by atoms with Gasteiger partial charge in [0.15, 0.2) is 6.10 Å². The molecule has 1 unspecified atom stereocenters. The van der Waals surface area contributed by atoms with Crippen LogP contribution in [0.5, 0.6) is 5.75 Å². The first-order chi connectivity index (χ1) is 6.13. The molecule has 0 radical (unpaired) electrons. The summed E-state index contributed by atoms with van der Waals surface area (Å²) in [4.78, 5) is 0. The SMILES string of the molecule is CC(C#N)Oc1ccc(Cl)cc1Br. The molecule has 1 atom stereocenters. The van der Waals surface area contributed by atoms with Crippen molar-refractivity contribution in [1.29, 1.82) is 5.26 Å². The maximum atomic E-state index is 8.53. The Morgan fingerprint density at radius 1 is 1.62 bits per heavy atom. The number of ether oxygens (including phenoxy) is 1. The van der Waals surface area contributed by atoms with Gasteiger partial charge < -0.3 is 4.74 Å². The van der Waals surface area contributed by atoms with Gasteiger partial charge in [-0.25, -0.2) is 0 Å². The minimum absolute atomic E-state index is 0.461. The van der Waals surface area contributed by atoms with Gasteiger partial charge in [-0.1, -0.05) is 11.6 Å². The molecular weight excluding hydrogens is 253 g/mol. The summed E-state index contributed by atoms with van der Waals surface area (Å²) in [5.41, 5.74) is 0. The number of benzene rings is 1. The molecule has 1 aromatic rings. The van der Waals surface area contributed by atoms with Crippen molar-refractivity contribution in [2.45, 2.75) is 13.0 Å². The lowest BCUT2D eigenvalue weighted by Gasteiger charge is -2.09. The number of rotatable bonds is 2. The lowest BCUT2D eigenvalue weighted by molar-refractivity contribution is 0.275. The lowest BCUT2D eigenvalue weighted by atomic mass is 10.3. The molecule has 1 rings (SSSR count). The van der Waals surface area contributed by atoms with Gasteiger partial charge in [-0.3, -0.25) is 0 Å². The molecule has 0 spiro atoms. The Labute approximate surface area is 90.2 Å². The Hall–Kier alpha value is -0.720. The number of nitrogens with zero attached hydrogens (tertiary/aromatic N) is 1. The van der Waals surface area contributed by atoms with Crippen LogP contribution in [0, 0.1) is 11.3 Å². The van der Waals surface area contributed by atoms with E-state index in [0.717, 1.165) is 4.47 Å². The highest BCUT2D eigenvalue weighted by Crippen LogP contribution is 2.28. The molecule has 0 saturated carbocycles. The first-order valence-corrected chi connectivity index (χ1v) is 4.82. The zero-order chi connectivity index (χ0) is 9.84. The van der Waals surface area contributed by atoms with Crippen molar-refractivity contribution in [2.24, 2.45) is 0 Å². The molecule has 2 nitrogen and oxygen atoms in total. The average Bonchev–Trinajstić information content (AvgIpc) is 2.09. The molecule has 0 fully saturated rings. The molecule has 0 aromatic heterocycles. The van der Waals surface area contributed by atoms with Crippen LogP contribution in [-0.2, 0) is 0 Å². The predicted octanol–water partition coefficient (Wildman–Crippen LogP) is 3.39. The maximum absolute atomic E-state index is 8.53. The average molecular weight is 261 g/mol. The third-order valence-electron chi connectivity index (χ3n) is 1.38. The highest BCUT2D eigenvalue weighted by molar-refractivity contribution is 9.10. The van der Waals surface area contributed by atoms with Crippen molar-refractivity contribution in [3.8, 4) is 11.8 Å². The van der Waals surface area contributed by atoms with Gasteiger partial charge in [0, 0.05) is 5.02 Å². The standard InChI is InChI=1S/C9H7BrClNO/c1-6(5-12)13-9-3-2-7(11)4-8(9)10/h2-4,6H,1H3. The molecule has 0 bridgehead atoms. The summed E-state index contributed by atoms with van der Waals surface area (Å²) in [6.45, 7) is 1.68. The predicted molar refractivity (Wildman–Crippen MR) is 54.9 cm³/mol. The largest absolute Gasteiger partial charge is 0.475 e. The second-order valence-electron chi connectivity index (χ2n) is 2.46. The smallest absolute Gasteiger partial charge is 0.181 e. The van der Waals surface area contributed by atoms with Crippen LogP contribution in [0.4, 0.5) is 0 Å². The zero-order valence-electron chi connectivity index (χ0n) is 6.92. The van der Waals surface area contributed by atoms with Gasteiger partial charge in [0.05, 0.1) is 4.47 Å². The molecular formula is C9H7BrClNO. The molecule has 0 aliphatic heterocycles. The minimum Gasteiger partial charge on any atom is -0.475 e. The van der Waals surface area contributed by atoms with Gasteiger partial charge in [-0.05, 0) is 41.1 Å². The fraction of sp³-hybridized carbons (Fsp3) is 0.222. The maximum Gasteiger partial charge on any atom is 0.181 e. The summed E-state index contributed by atoms with van der Waals surface area (Å²) in [5, 5.41) is 9.15. The van der Waals surface area contributed by atoms with E-state index in [2.05, 4.69) is 15.9 Å². The van der Waals surface area contributed by atoms with E-state index in [-0.39, 0.29) is 0 Å². The van der Waals surface area contributed by atoms with E-state index < -0.39 is 6.10 Å². The molecule has 1 aromatic carbocycles. The van der Waals surface area contributed by atoms with Crippen LogP contribution < -0.4 is 4.74 Å². The molecule has 13 heavy (non-hydrogen) atoms. The van der Waals surface area contributed by atoms with Gasteiger partial charge in [0.2, 0.25) is 0 Å². The van der Waals surface area contributed by atoms with E-state index in [4.69, 9.17) is 21.6 Å². The van der Waals surface area contributed by atoms with Gasteiger partial charge in [-0.2, -0.15) is 5.26 Å². The van der Waals surface area contributed by atoms with Crippen molar-refractivity contribution in [2.75, 3.05) is 0 Å². The summed E-state index contributed by atoms with van der Waals surface area (Å²) < 4.78 is 6.03. The van der Waals surface area contributed by atoms with Crippen LogP contribution in [0.3, 0.4) is 0 Å². The van der Waals surface area contributed by atoms with E-state index in [0.29, 0.717) is 10.8 Å². The van der Waals surface area contributed by atoms with Gasteiger partial charge in [-0.15, -0.1) is 0 Å². The Bertz CT molecular complexity index is 348. The summed E-state index contributed by atoms with van der Waals surface area (Å²) in [6, 6.07) is 7.14. The summed E-state index contributed by atoms with van der Waals surface area (Å²) >= 11 is 9.02. The van der Waals surface area contributed by atoms with Crippen molar-refractivity contribution in [3.05, 3.63) is 27.7 Å². The van der Waals surface area contributed by atoms with E-state index >= 15 is 0 Å².